The van der Waals surface area contributed by atoms with E-state index in [2.05, 4.69) is 39.3 Å². The number of thiazole rings is 1. The summed E-state index contributed by atoms with van der Waals surface area (Å²) in [6, 6.07) is 0. The molecule has 0 atom stereocenters. The molecule has 0 N–H and O–H groups in total. The van der Waals surface area contributed by atoms with Gasteiger partial charge in [0.15, 0.2) is 0 Å². The molecule has 0 fully saturated rings. The number of aromatic nitrogens is 1. The zero-order valence-electron chi connectivity index (χ0n) is 13.6. The van der Waals surface area contributed by atoms with Crippen LogP contribution < -0.4 is 0 Å². The average Bonchev–Trinajstić information content (AvgIpc) is 2.91. The van der Waals surface area contributed by atoms with Gasteiger partial charge in [0.2, 0.25) is 0 Å². The summed E-state index contributed by atoms with van der Waals surface area (Å²) in [5.41, 5.74) is 1.15. The predicted octanol–water partition coefficient (Wildman–Crippen LogP) is 5.43. The number of hydrogen-bond acceptors (Lipinski definition) is 4. The molecule has 5 heteroatoms. The Morgan fingerprint density at radius 3 is 2.91 bits per heavy atom. The van der Waals surface area contributed by atoms with Gasteiger partial charge in [-0.2, -0.15) is 0 Å². The Balaban J connectivity index is 2.13. The van der Waals surface area contributed by atoms with Crippen molar-refractivity contribution in [2.75, 3.05) is 6.61 Å². The van der Waals surface area contributed by atoms with E-state index in [1.165, 1.54) is 9.49 Å². The van der Waals surface area contributed by atoms with Crippen LogP contribution in [0.25, 0.3) is 0 Å². The first-order valence-corrected chi connectivity index (χ1v) is 9.70. The summed E-state index contributed by atoms with van der Waals surface area (Å²) in [5.74, 6) is -0.0654. The van der Waals surface area contributed by atoms with E-state index in [0.717, 1.165) is 50.6 Å². The molecular formula is C17H26BrNO2S. The van der Waals surface area contributed by atoms with E-state index in [4.69, 9.17) is 4.74 Å². The maximum absolute atomic E-state index is 11.5. The molecule has 3 nitrogen and oxygen atoms in total. The maximum atomic E-state index is 11.5. The highest BCUT2D eigenvalue weighted by atomic mass is 79.9. The van der Waals surface area contributed by atoms with Crippen LogP contribution in [-0.2, 0) is 22.4 Å². The molecule has 1 aromatic rings. The lowest BCUT2D eigenvalue weighted by Crippen LogP contribution is -2.05. The van der Waals surface area contributed by atoms with Crippen molar-refractivity contribution in [3.8, 4) is 0 Å². The monoisotopic (exact) mass is 387 g/mol. The number of carbonyl (C=O) groups excluding carboxylic acids is 1. The normalized spacial score (nSPS) is 11.7. The van der Waals surface area contributed by atoms with E-state index >= 15 is 0 Å². The number of allylic oxidation sites excluding steroid dienone is 2. The number of ether oxygens (including phenoxy) is 1. The lowest BCUT2D eigenvalue weighted by molar-refractivity contribution is -0.143. The van der Waals surface area contributed by atoms with E-state index in [-0.39, 0.29) is 5.97 Å². The van der Waals surface area contributed by atoms with Gasteiger partial charge < -0.3 is 4.74 Å². The fourth-order valence-electron chi connectivity index (χ4n) is 1.95. The summed E-state index contributed by atoms with van der Waals surface area (Å²) in [5, 5.41) is 3.33. The summed E-state index contributed by atoms with van der Waals surface area (Å²) >= 11 is 5.16. The number of esters is 1. The molecule has 0 unspecified atom stereocenters. The van der Waals surface area contributed by atoms with E-state index in [1.54, 1.807) is 11.3 Å². The number of halogens is 1. The van der Waals surface area contributed by atoms with Crippen LogP contribution in [0.5, 0.6) is 0 Å². The summed E-state index contributed by atoms with van der Waals surface area (Å²) in [6.45, 7) is 4.70. The van der Waals surface area contributed by atoms with E-state index < -0.39 is 0 Å². The minimum absolute atomic E-state index is 0.0654. The van der Waals surface area contributed by atoms with E-state index in [1.807, 2.05) is 6.92 Å². The number of carbonyl (C=O) groups is 1. The number of hydrogen-bond donors (Lipinski definition) is 0. The molecular weight excluding hydrogens is 362 g/mol. The molecule has 1 heterocycles. The molecule has 0 spiro atoms. The van der Waals surface area contributed by atoms with Crippen LogP contribution >= 0.6 is 27.3 Å². The van der Waals surface area contributed by atoms with E-state index in [0.29, 0.717) is 13.0 Å². The zero-order chi connectivity index (χ0) is 16.2. The van der Waals surface area contributed by atoms with Gasteiger partial charge in [-0.1, -0.05) is 35.4 Å². The van der Waals surface area contributed by atoms with Crippen LogP contribution in [0.4, 0.5) is 0 Å². The molecule has 1 rings (SSSR count). The second-order valence-corrected chi connectivity index (χ2v) is 7.54. The summed E-state index contributed by atoms with van der Waals surface area (Å²) < 4.78 is 6.32. The highest BCUT2D eigenvalue weighted by Crippen LogP contribution is 2.15. The van der Waals surface area contributed by atoms with Crippen molar-refractivity contribution in [1.29, 1.82) is 0 Å². The zero-order valence-corrected chi connectivity index (χ0v) is 16.0. The van der Waals surface area contributed by atoms with Crippen LogP contribution in [0.1, 0.15) is 63.1 Å². The summed E-state index contributed by atoms with van der Waals surface area (Å²) in [4.78, 5) is 16.1. The number of aryl methyl sites for hydroxylation is 2. The Labute approximate surface area is 146 Å². The summed E-state index contributed by atoms with van der Waals surface area (Å²) in [7, 11) is 0. The molecule has 0 amide bonds. The minimum atomic E-state index is -0.0654. The van der Waals surface area contributed by atoms with Gasteiger partial charge >= 0.3 is 5.97 Å². The molecule has 0 radical (unpaired) electrons. The SMILES string of the molecule is CCCCOC(=O)CCCCc1csc(CC/C=C(\C)Br)n1. The second-order valence-electron chi connectivity index (χ2n) is 5.34. The van der Waals surface area contributed by atoms with Crippen molar-refractivity contribution in [3.63, 3.8) is 0 Å². The van der Waals surface area contributed by atoms with Crippen LogP contribution in [0.2, 0.25) is 0 Å². The summed E-state index contributed by atoms with van der Waals surface area (Å²) in [6.07, 6.45) is 9.55. The van der Waals surface area contributed by atoms with Gasteiger partial charge in [0, 0.05) is 18.2 Å². The Morgan fingerprint density at radius 1 is 1.36 bits per heavy atom. The van der Waals surface area contributed by atoms with Crippen molar-refractivity contribution in [2.45, 2.75) is 65.2 Å². The topological polar surface area (TPSA) is 39.2 Å². The Bertz CT molecular complexity index is 467. The van der Waals surface area contributed by atoms with Gasteiger partial charge in [0.05, 0.1) is 17.3 Å². The fraction of sp³-hybridized carbons (Fsp3) is 0.647. The molecule has 0 aliphatic heterocycles. The van der Waals surface area contributed by atoms with Crippen LogP contribution in [0, 0.1) is 0 Å². The number of unbranched alkanes of at least 4 members (excludes halogenated alkanes) is 2. The van der Waals surface area contributed by atoms with Crippen molar-refractivity contribution < 1.29 is 9.53 Å². The van der Waals surface area contributed by atoms with Gasteiger partial charge in [-0.05, 0) is 43.5 Å². The van der Waals surface area contributed by atoms with Crippen molar-refractivity contribution in [2.24, 2.45) is 0 Å². The molecule has 0 bridgehead atoms. The number of nitrogens with zero attached hydrogens (tertiary/aromatic N) is 1. The highest BCUT2D eigenvalue weighted by Gasteiger charge is 2.04. The fourth-order valence-corrected chi connectivity index (χ4v) is 3.03. The maximum Gasteiger partial charge on any atom is 0.305 e. The standard InChI is InChI=1S/C17H26BrNO2S/c1-3-4-12-21-17(20)11-6-5-9-15-13-22-16(19-15)10-7-8-14(2)18/h8,13H,3-7,9-12H2,1-2H3/b14-8+. The van der Waals surface area contributed by atoms with Gasteiger partial charge in [-0.15, -0.1) is 11.3 Å². The van der Waals surface area contributed by atoms with Crippen LogP contribution in [0.3, 0.4) is 0 Å². The first-order chi connectivity index (χ1) is 10.6. The lowest BCUT2D eigenvalue weighted by atomic mass is 10.1. The molecule has 124 valence electrons. The largest absolute Gasteiger partial charge is 0.466 e. The minimum Gasteiger partial charge on any atom is -0.466 e. The van der Waals surface area contributed by atoms with Crippen LogP contribution in [-0.4, -0.2) is 17.6 Å². The molecule has 1 aromatic heterocycles. The third-order valence-electron chi connectivity index (χ3n) is 3.21. The van der Waals surface area contributed by atoms with Gasteiger partial charge in [0.25, 0.3) is 0 Å². The Hall–Kier alpha value is -0.680. The van der Waals surface area contributed by atoms with E-state index in [9.17, 15) is 4.79 Å². The van der Waals surface area contributed by atoms with Gasteiger partial charge in [0.1, 0.15) is 0 Å². The molecule has 0 aliphatic rings. The Morgan fingerprint density at radius 2 is 2.18 bits per heavy atom. The predicted molar refractivity (Wildman–Crippen MR) is 96.5 cm³/mol. The van der Waals surface area contributed by atoms with Gasteiger partial charge in [-0.25, -0.2) is 4.98 Å². The molecule has 0 aromatic carbocycles. The van der Waals surface area contributed by atoms with Crippen molar-refractivity contribution in [1.82, 2.24) is 4.98 Å². The Kier molecular flexibility index (Phi) is 10.4. The lowest BCUT2D eigenvalue weighted by Gasteiger charge is -2.03. The first-order valence-electron chi connectivity index (χ1n) is 8.03. The third kappa shape index (κ3) is 9.36. The molecule has 0 aliphatic carbocycles. The first kappa shape index (κ1) is 19.4. The quantitative estimate of drug-likeness (QED) is 0.375. The number of rotatable bonds is 11. The van der Waals surface area contributed by atoms with Crippen molar-refractivity contribution >= 4 is 33.2 Å². The van der Waals surface area contributed by atoms with Crippen LogP contribution in [0.15, 0.2) is 15.9 Å². The van der Waals surface area contributed by atoms with Gasteiger partial charge in [-0.3, -0.25) is 4.79 Å². The average molecular weight is 388 g/mol. The smallest absolute Gasteiger partial charge is 0.305 e. The highest BCUT2D eigenvalue weighted by molar-refractivity contribution is 9.11. The second kappa shape index (κ2) is 11.8. The molecule has 0 saturated carbocycles. The molecule has 0 saturated heterocycles. The molecule has 22 heavy (non-hydrogen) atoms. The van der Waals surface area contributed by atoms with Crippen molar-refractivity contribution in [3.05, 3.63) is 26.6 Å². The third-order valence-corrected chi connectivity index (χ3v) is 4.49.